The molecule has 0 amide bonds. The van der Waals surface area contributed by atoms with E-state index in [1.807, 2.05) is 5.38 Å². The standard InChI is InChI=1S/C11H7ClO2S/c12-9-1-7(2-10(14)4-9)8-3-11(5-13)15-6-8/h1-6,14H. The summed E-state index contributed by atoms with van der Waals surface area (Å²) in [5.74, 6) is 0.122. The maximum absolute atomic E-state index is 10.5. The fourth-order valence-electron chi connectivity index (χ4n) is 1.31. The predicted octanol–water partition coefficient (Wildman–Crippen LogP) is 3.59. The summed E-state index contributed by atoms with van der Waals surface area (Å²) < 4.78 is 0. The molecule has 1 heterocycles. The number of carbonyl (C=O) groups is 1. The molecule has 0 atom stereocenters. The summed E-state index contributed by atoms with van der Waals surface area (Å²) in [6.45, 7) is 0. The van der Waals surface area contributed by atoms with Gasteiger partial charge in [0.15, 0.2) is 6.29 Å². The molecular formula is C11H7ClO2S. The molecule has 0 aliphatic rings. The highest BCUT2D eigenvalue weighted by Crippen LogP contribution is 2.30. The van der Waals surface area contributed by atoms with Gasteiger partial charge in [-0.15, -0.1) is 11.3 Å². The van der Waals surface area contributed by atoms with E-state index >= 15 is 0 Å². The first-order valence-electron chi connectivity index (χ1n) is 4.22. The maximum Gasteiger partial charge on any atom is 0.160 e. The van der Waals surface area contributed by atoms with Crippen LogP contribution >= 0.6 is 22.9 Å². The van der Waals surface area contributed by atoms with Gasteiger partial charge < -0.3 is 5.11 Å². The van der Waals surface area contributed by atoms with Crippen LogP contribution in [-0.4, -0.2) is 11.4 Å². The molecule has 1 N–H and O–H groups in total. The molecule has 0 aliphatic carbocycles. The van der Waals surface area contributed by atoms with Crippen molar-refractivity contribution in [2.75, 3.05) is 0 Å². The second-order valence-corrected chi connectivity index (χ2v) is 4.43. The minimum atomic E-state index is 0.122. The molecule has 0 bridgehead atoms. The highest BCUT2D eigenvalue weighted by Gasteiger charge is 2.04. The van der Waals surface area contributed by atoms with E-state index in [0.717, 1.165) is 17.4 Å². The summed E-state index contributed by atoms with van der Waals surface area (Å²) in [5.41, 5.74) is 1.70. The molecule has 0 radical (unpaired) electrons. The lowest BCUT2D eigenvalue weighted by Gasteiger charge is -2.00. The molecule has 2 rings (SSSR count). The second kappa shape index (κ2) is 4.04. The van der Waals surface area contributed by atoms with Crippen LogP contribution in [0.3, 0.4) is 0 Å². The van der Waals surface area contributed by atoms with Gasteiger partial charge in [0.2, 0.25) is 0 Å². The molecule has 2 nitrogen and oxygen atoms in total. The van der Waals surface area contributed by atoms with Crippen LogP contribution in [0.15, 0.2) is 29.6 Å². The Hall–Kier alpha value is -1.32. The molecule has 76 valence electrons. The molecule has 0 spiro atoms. The number of aromatic hydroxyl groups is 1. The number of halogens is 1. The Balaban J connectivity index is 2.48. The van der Waals surface area contributed by atoms with Crippen molar-refractivity contribution in [3.8, 4) is 16.9 Å². The summed E-state index contributed by atoms with van der Waals surface area (Å²) in [7, 11) is 0. The van der Waals surface area contributed by atoms with Crippen LogP contribution in [0, 0.1) is 0 Å². The zero-order valence-electron chi connectivity index (χ0n) is 7.61. The van der Waals surface area contributed by atoms with Gasteiger partial charge in [0, 0.05) is 5.02 Å². The number of phenols is 1. The summed E-state index contributed by atoms with van der Waals surface area (Å²) in [6, 6.07) is 6.60. The average molecular weight is 239 g/mol. The summed E-state index contributed by atoms with van der Waals surface area (Å²) >= 11 is 7.18. The van der Waals surface area contributed by atoms with E-state index in [-0.39, 0.29) is 5.75 Å². The average Bonchev–Trinajstić information content (AvgIpc) is 2.64. The van der Waals surface area contributed by atoms with Gasteiger partial charge in [-0.25, -0.2) is 0 Å². The number of hydrogen-bond donors (Lipinski definition) is 1. The molecule has 4 heteroatoms. The quantitative estimate of drug-likeness (QED) is 0.812. The summed E-state index contributed by atoms with van der Waals surface area (Å²) in [6.07, 6.45) is 0.804. The van der Waals surface area contributed by atoms with Gasteiger partial charge >= 0.3 is 0 Å². The molecule has 0 aliphatic heterocycles. The molecule has 0 saturated heterocycles. The van der Waals surface area contributed by atoms with Crippen molar-refractivity contribution in [2.45, 2.75) is 0 Å². The van der Waals surface area contributed by atoms with Crippen LogP contribution < -0.4 is 0 Å². The summed E-state index contributed by atoms with van der Waals surface area (Å²) in [5, 5.41) is 11.7. The molecule has 0 saturated carbocycles. The Labute approximate surface area is 95.8 Å². The van der Waals surface area contributed by atoms with Crippen LogP contribution in [0.4, 0.5) is 0 Å². The van der Waals surface area contributed by atoms with Crippen LogP contribution in [0.25, 0.3) is 11.1 Å². The van der Waals surface area contributed by atoms with E-state index in [0.29, 0.717) is 9.90 Å². The molecule has 0 fully saturated rings. The fraction of sp³-hybridized carbons (Fsp3) is 0. The van der Waals surface area contributed by atoms with E-state index in [9.17, 15) is 9.90 Å². The Morgan fingerprint density at radius 1 is 1.20 bits per heavy atom. The lowest BCUT2D eigenvalue weighted by molar-refractivity contribution is 0.112. The molecule has 0 unspecified atom stereocenters. The minimum Gasteiger partial charge on any atom is -0.508 e. The highest BCUT2D eigenvalue weighted by molar-refractivity contribution is 7.12. The van der Waals surface area contributed by atoms with E-state index in [1.54, 1.807) is 18.2 Å². The third kappa shape index (κ3) is 2.19. The van der Waals surface area contributed by atoms with Crippen LogP contribution in [0.5, 0.6) is 5.75 Å². The molecule has 1 aromatic heterocycles. The van der Waals surface area contributed by atoms with Crippen molar-refractivity contribution < 1.29 is 9.90 Å². The van der Waals surface area contributed by atoms with Crippen LogP contribution in [0.2, 0.25) is 5.02 Å². The van der Waals surface area contributed by atoms with Crippen LogP contribution in [-0.2, 0) is 0 Å². The number of carbonyl (C=O) groups excluding carboxylic acids is 1. The van der Waals surface area contributed by atoms with Crippen LogP contribution in [0.1, 0.15) is 9.67 Å². The number of hydrogen-bond acceptors (Lipinski definition) is 3. The molecule has 1 aromatic carbocycles. The minimum absolute atomic E-state index is 0.122. The normalized spacial score (nSPS) is 10.2. The van der Waals surface area contributed by atoms with E-state index < -0.39 is 0 Å². The van der Waals surface area contributed by atoms with E-state index in [1.165, 1.54) is 17.4 Å². The van der Waals surface area contributed by atoms with Crippen molar-refractivity contribution in [2.24, 2.45) is 0 Å². The van der Waals surface area contributed by atoms with Crippen molar-refractivity contribution in [3.05, 3.63) is 39.5 Å². The SMILES string of the molecule is O=Cc1cc(-c2cc(O)cc(Cl)c2)cs1. The van der Waals surface area contributed by atoms with E-state index in [4.69, 9.17) is 11.6 Å². The first-order valence-corrected chi connectivity index (χ1v) is 5.48. The molecule has 2 aromatic rings. The van der Waals surface area contributed by atoms with E-state index in [2.05, 4.69) is 0 Å². The maximum atomic E-state index is 10.5. The number of phenolic OH excluding ortho intramolecular Hbond substituents is 1. The molecular weight excluding hydrogens is 232 g/mol. The van der Waals surface area contributed by atoms with Gasteiger partial charge in [0.05, 0.1) is 4.88 Å². The topological polar surface area (TPSA) is 37.3 Å². The first-order chi connectivity index (χ1) is 7.19. The zero-order chi connectivity index (χ0) is 10.8. The number of thiophene rings is 1. The van der Waals surface area contributed by atoms with Gasteiger partial charge in [0.25, 0.3) is 0 Å². The van der Waals surface area contributed by atoms with Gasteiger partial charge in [-0.2, -0.15) is 0 Å². The predicted molar refractivity (Wildman–Crippen MR) is 61.8 cm³/mol. The highest BCUT2D eigenvalue weighted by atomic mass is 35.5. The lowest BCUT2D eigenvalue weighted by atomic mass is 10.1. The third-order valence-electron chi connectivity index (χ3n) is 1.95. The zero-order valence-corrected chi connectivity index (χ0v) is 9.18. The second-order valence-electron chi connectivity index (χ2n) is 3.05. The fourth-order valence-corrected chi connectivity index (χ4v) is 2.25. The van der Waals surface area contributed by atoms with Crippen molar-refractivity contribution in [3.63, 3.8) is 0 Å². The number of rotatable bonds is 2. The third-order valence-corrected chi connectivity index (χ3v) is 3.03. The van der Waals surface area contributed by atoms with Gasteiger partial charge in [-0.05, 0) is 40.8 Å². The smallest absolute Gasteiger partial charge is 0.160 e. The van der Waals surface area contributed by atoms with Crippen molar-refractivity contribution in [1.82, 2.24) is 0 Å². The van der Waals surface area contributed by atoms with Gasteiger partial charge in [0.1, 0.15) is 5.75 Å². The number of aldehydes is 1. The monoisotopic (exact) mass is 238 g/mol. The number of benzene rings is 1. The summed E-state index contributed by atoms with van der Waals surface area (Å²) in [4.78, 5) is 11.2. The molecule has 15 heavy (non-hydrogen) atoms. The Morgan fingerprint density at radius 2 is 2.00 bits per heavy atom. The van der Waals surface area contributed by atoms with Crippen molar-refractivity contribution >= 4 is 29.2 Å². The first kappa shape index (κ1) is 10.2. The lowest BCUT2D eigenvalue weighted by Crippen LogP contribution is -1.75. The Morgan fingerprint density at radius 3 is 2.60 bits per heavy atom. The van der Waals surface area contributed by atoms with Gasteiger partial charge in [-0.3, -0.25) is 4.79 Å². The van der Waals surface area contributed by atoms with Crippen molar-refractivity contribution in [1.29, 1.82) is 0 Å². The Kier molecular flexibility index (Phi) is 2.75. The Bertz CT molecular complexity index is 485. The largest absolute Gasteiger partial charge is 0.508 e. The van der Waals surface area contributed by atoms with Gasteiger partial charge in [-0.1, -0.05) is 11.6 Å².